The van der Waals surface area contributed by atoms with E-state index in [0.717, 1.165) is 21.3 Å². The molecule has 1 heterocycles. The zero-order valence-electron chi connectivity index (χ0n) is 10.5. The molecule has 0 amide bonds. The predicted octanol–water partition coefficient (Wildman–Crippen LogP) is 5.17. The lowest BCUT2D eigenvalue weighted by Crippen LogP contribution is -2.12. The maximum atomic E-state index is 4.44. The Balaban J connectivity index is 1.98. The van der Waals surface area contributed by atoms with E-state index in [0.29, 0.717) is 0 Å². The zero-order valence-corrected chi connectivity index (χ0v) is 12.1. The second kappa shape index (κ2) is 4.74. The van der Waals surface area contributed by atoms with Gasteiger partial charge >= 0.3 is 0 Å². The fourth-order valence-corrected chi connectivity index (χ4v) is 2.42. The van der Waals surface area contributed by atoms with Crippen LogP contribution in [0.4, 0.5) is 0 Å². The maximum absolute atomic E-state index is 4.44. The quantitative estimate of drug-likeness (QED) is 0.730. The molecule has 0 radical (unpaired) electrons. The minimum Gasteiger partial charge on any atom is -0.173 e. The molecule has 1 unspecified atom stereocenters. The highest BCUT2D eigenvalue weighted by Crippen LogP contribution is 2.37. The molecule has 0 spiro atoms. The van der Waals surface area contributed by atoms with Gasteiger partial charge in [0.15, 0.2) is 0 Å². The van der Waals surface area contributed by atoms with Crippen LogP contribution in [0.1, 0.15) is 18.1 Å². The molecule has 19 heavy (non-hydrogen) atoms. The lowest BCUT2D eigenvalue weighted by atomic mass is 9.92. The lowest BCUT2D eigenvalue weighted by Gasteiger charge is -2.16. The van der Waals surface area contributed by atoms with Gasteiger partial charge in [0.05, 0.1) is 5.70 Å². The van der Waals surface area contributed by atoms with Gasteiger partial charge < -0.3 is 0 Å². The summed E-state index contributed by atoms with van der Waals surface area (Å²) < 4.78 is 1.07. The Morgan fingerprint density at radius 1 is 0.947 bits per heavy atom. The van der Waals surface area contributed by atoms with Gasteiger partial charge in [-0.25, -0.2) is 0 Å². The first-order chi connectivity index (χ1) is 9.17. The number of azo groups is 1. The van der Waals surface area contributed by atoms with Crippen LogP contribution in [-0.4, -0.2) is 0 Å². The van der Waals surface area contributed by atoms with E-state index in [2.05, 4.69) is 63.4 Å². The van der Waals surface area contributed by atoms with Crippen LogP contribution in [0.15, 0.2) is 75.4 Å². The normalized spacial score (nSPS) is 21.5. The van der Waals surface area contributed by atoms with Crippen LogP contribution in [0.25, 0.3) is 5.70 Å². The lowest BCUT2D eigenvalue weighted by molar-refractivity contribution is 0.621. The molecule has 2 aromatic carbocycles. The Morgan fingerprint density at radius 2 is 1.63 bits per heavy atom. The van der Waals surface area contributed by atoms with Gasteiger partial charge in [-0.3, -0.25) is 0 Å². The summed E-state index contributed by atoms with van der Waals surface area (Å²) in [7, 11) is 0. The fraction of sp³-hybridized carbons (Fsp3) is 0.125. The largest absolute Gasteiger partial charge is 0.173 e. The topological polar surface area (TPSA) is 24.7 Å². The third kappa shape index (κ3) is 2.38. The number of rotatable bonds is 2. The predicted molar refractivity (Wildman–Crippen MR) is 80.8 cm³/mol. The van der Waals surface area contributed by atoms with Crippen LogP contribution in [0.3, 0.4) is 0 Å². The second-order valence-corrected chi connectivity index (χ2v) is 5.67. The molecule has 0 bridgehead atoms. The first-order valence-electron chi connectivity index (χ1n) is 6.15. The van der Waals surface area contributed by atoms with Crippen LogP contribution in [-0.2, 0) is 5.54 Å². The van der Waals surface area contributed by atoms with Crippen molar-refractivity contribution in [2.45, 2.75) is 12.5 Å². The molecule has 1 aliphatic rings. The summed E-state index contributed by atoms with van der Waals surface area (Å²) in [6, 6.07) is 18.4. The molecule has 0 fully saturated rings. The first-order valence-corrected chi connectivity index (χ1v) is 6.94. The van der Waals surface area contributed by atoms with Crippen LogP contribution in [0, 0.1) is 0 Å². The summed E-state index contributed by atoms with van der Waals surface area (Å²) >= 11 is 3.45. The van der Waals surface area contributed by atoms with Crippen LogP contribution in [0.5, 0.6) is 0 Å². The minimum atomic E-state index is -0.369. The monoisotopic (exact) mass is 312 g/mol. The van der Waals surface area contributed by atoms with Gasteiger partial charge in [0.25, 0.3) is 0 Å². The average Bonchev–Trinajstić information content (AvgIpc) is 2.84. The molecule has 3 rings (SSSR count). The highest BCUT2D eigenvalue weighted by atomic mass is 79.9. The standard InChI is InChI=1S/C16H13BrN2/c1-16(13-7-9-14(17)10-8-13)11-15(18-19-16)12-5-3-2-4-6-12/h2-11H,1H3. The number of halogens is 1. The number of hydrogen-bond acceptors (Lipinski definition) is 2. The highest BCUT2D eigenvalue weighted by Gasteiger charge is 2.29. The van der Waals surface area contributed by atoms with E-state index in [-0.39, 0.29) is 5.54 Å². The van der Waals surface area contributed by atoms with Gasteiger partial charge in [0.2, 0.25) is 0 Å². The molecule has 0 N–H and O–H groups in total. The molecular weight excluding hydrogens is 300 g/mol. The minimum absolute atomic E-state index is 0.369. The van der Waals surface area contributed by atoms with Crippen molar-refractivity contribution in [3.05, 3.63) is 76.3 Å². The molecule has 1 aliphatic heterocycles. The van der Waals surface area contributed by atoms with E-state index < -0.39 is 0 Å². The van der Waals surface area contributed by atoms with Gasteiger partial charge in [-0.2, -0.15) is 10.2 Å². The van der Waals surface area contributed by atoms with Crippen LogP contribution < -0.4 is 0 Å². The smallest absolute Gasteiger partial charge is 0.125 e. The SMILES string of the molecule is CC1(c2ccc(Br)cc2)C=C(c2ccccc2)N=N1. The van der Waals surface area contributed by atoms with E-state index in [1.165, 1.54) is 0 Å². The summed E-state index contributed by atoms with van der Waals surface area (Å²) in [6.07, 6.45) is 2.12. The molecule has 0 aromatic heterocycles. The van der Waals surface area contributed by atoms with E-state index >= 15 is 0 Å². The fourth-order valence-electron chi connectivity index (χ4n) is 2.16. The van der Waals surface area contributed by atoms with Gasteiger partial charge in [0.1, 0.15) is 5.54 Å². The molecule has 2 nitrogen and oxygen atoms in total. The van der Waals surface area contributed by atoms with Crippen LogP contribution >= 0.6 is 15.9 Å². The summed E-state index contributed by atoms with van der Waals surface area (Å²) in [5.41, 5.74) is 2.81. The van der Waals surface area contributed by atoms with Crippen molar-refractivity contribution < 1.29 is 0 Å². The summed E-state index contributed by atoms with van der Waals surface area (Å²) in [4.78, 5) is 0. The molecule has 1 atom stereocenters. The van der Waals surface area contributed by atoms with E-state index in [1.807, 2.05) is 30.3 Å². The summed E-state index contributed by atoms with van der Waals surface area (Å²) in [5.74, 6) is 0. The second-order valence-electron chi connectivity index (χ2n) is 4.75. The van der Waals surface area contributed by atoms with E-state index in [4.69, 9.17) is 0 Å². The van der Waals surface area contributed by atoms with Crippen molar-refractivity contribution >= 4 is 21.6 Å². The molecule has 94 valence electrons. The highest BCUT2D eigenvalue weighted by molar-refractivity contribution is 9.10. The van der Waals surface area contributed by atoms with Crippen molar-refractivity contribution in [2.75, 3.05) is 0 Å². The van der Waals surface area contributed by atoms with Crippen molar-refractivity contribution in [1.29, 1.82) is 0 Å². The van der Waals surface area contributed by atoms with E-state index in [1.54, 1.807) is 0 Å². The Morgan fingerprint density at radius 3 is 2.32 bits per heavy atom. The summed E-state index contributed by atoms with van der Waals surface area (Å²) in [5, 5.41) is 8.77. The summed E-state index contributed by atoms with van der Waals surface area (Å²) in [6.45, 7) is 2.08. The first kappa shape index (κ1) is 12.3. The molecule has 0 saturated heterocycles. The maximum Gasteiger partial charge on any atom is 0.125 e. The zero-order chi connectivity index (χ0) is 13.3. The van der Waals surface area contributed by atoms with Gasteiger partial charge in [-0.1, -0.05) is 58.4 Å². The molecule has 3 heteroatoms. The number of hydrogen-bond donors (Lipinski definition) is 0. The third-order valence-corrected chi connectivity index (χ3v) is 3.81. The van der Waals surface area contributed by atoms with Crippen molar-refractivity contribution in [3.63, 3.8) is 0 Å². The third-order valence-electron chi connectivity index (χ3n) is 3.28. The van der Waals surface area contributed by atoms with E-state index in [9.17, 15) is 0 Å². The Hall–Kier alpha value is -1.74. The molecular formula is C16H13BrN2. The van der Waals surface area contributed by atoms with Crippen LogP contribution in [0.2, 0.25) is 0 Å². The van der Waals surface area contributed by atoms with Gasteiger partial charge in [0, 0.05) is 10.0 Å². The van der Waals surface area contributed by atoms with Crippen molar-refractivity contribution in [1.82, 2.24) is 0 Å². The average molecular weight is 313 g/mol. The van der Waals surface area contributed by atoms with Crippen molar-refractivity contribution in [3.8, 4) is 0 Å². The molecule has 0 aliphatic carbocycles. The molecule has 2 aromatic rings. The number of nitrogens with zero attached hydrogens (tertiary/aromatic N) is 2. The Kier molecular flexibility index (Phi) is 3.07. The molecule has 0 saturated carbocycles. The Bertz CT molecular complexity index is 644. The Labute approximate surface area is 121 Å². The van der Waals surface area contributed by atoms with Crippen molar-refractivity contribution in [2.24, 2.45) is 10.2 Å². The van der Waals surface area contributed by atoms with Gasteiger partial charge in [-0.05, 0) is 30.7 Å². The number of benzene rings is 2. The van der Waals surface area contributed by atoms with Gasteiger partial charge in [-0.15, -0.1) is 0 Å².